The van der Waals surface area contributed by atoms with Crippen LogP contribution in [0.4, 0.5) is 15.9 Å². The number of rotatable bonds is 6. The molecule has 36 heavy (non-hydrogen) atoms. The van der Waals surface area contributed by atoms with E-state index in [0.717, 1.165) is 5.39 Å². The molecule has 4 N–H and O–H groups in total. The lowest BCUT2D eigenvalue weighted by molar-refractivity contribution is -0.137. The van der Waals surface area contributed by atoms with Gasteiger partial charge in [0.25, 0.3) is 5.91 Å². The van der Waals surface area contributed by atoms with Gasteiger partial charge >= 0.3 is 0 Å². The van der Waals surface area contributed by atoms with Gasteiger partial charge < -0.3 is 25.8 Å². The van der Waals surface area contributed by atoms with Gasteiger partial charge in [-0.25, -0.2) is 14.4 Å². The zero-order valence-electron chi connectivity index (χ0n) is 19.6. The van der Waals surface area contributed by atoms with E-state index in [-0.39, 0.29) is 42.8 Å². The lowest BCUT2D eigenvalue weighted by Crippen LogP contribution is -2.48. The summed E-state index contributed by atoms with van der Waals surface area (Å²) in [5.41, 5.74) is -0.215. The number of carbonyl (C=O) groups is 2. The van der Waals surface area contributed by atoms with Crippen LogP contribution in [0.1, 0.15) is 31.4 Å². The SMILES string of the molecule is COc1ccc2cccc(NC(=O)[C@]3(O)CC[C@@H](NCc4nc5c(cc4F)SCC(=O)N5)CC3)c2n1. The van der Waals surface area contributed by atoms with Gasteiger partial charge in [-0.1, -0.05) is 12.1 Å². The number of pyridine rings is 2. The number of halogens is 1. The molecule has 188 valence electrons. The highest BCUT2D eigenvalue weighted by molar-refractivity contribution is 8.00. The molecule has 0 atom stereocenters. The molecule has 5 rings (SSSR count). The van der Waals surface area contributed by atoms with Gasteiger partial charge in [-0.05, 0) is 43.9 Å². The largest absolute Gasteiger partial charge is 0.481 e. The molecule has 0 spiro atoms. The third-order valence-electron chi connectivity index (χ3n) is 6.58. The van der Waals surface area contributed by atoms with Crippen LogP contribution in [0.5, 0.6) is 5.88 Å². The number of ether oxygens (including phenoxy) is 1. The normalized spacial score (nSPS) is 21.5. The Morgan fingerprint density at radius 3 is 2.86 bits per heavy atom. The van der Waals surface area contributed by atoms with Crippen molar-refractivity contribution in [1.82, 2.24) is 15.3 Å². The van der Waals surface area contributed by atoms with Crippen LogP contribution in [0.25, 0.3) is 10.9 Å². The highest BCUT2D eigenvalue weighted by Crippen LogP contribution is 2.33. The second-order valence-corrected chi connectivity index (χ2v) is 9.99. The summed E-state index contributed by atoms with van der Waals surface area (Å²) in [5.74, 6) is -0.0141. The van der Waals surface area contributed by atoms with Crippen LogP contribution < -0.4 is 20.7 Å². The molecule has 11 heteroatoms. The molecular weight excluding hydrogens is 485 g/mol. The standard InChI is InChI=1S/C25H26FN5O4S/c1-35-21-6-5-14-3-2-4-17(22(14)31-21)29-24(33)25(34)9-7-15(8-10-25)27-12-18-16(26)11-19-23(28-18)30-20(32)13-36-19/h2-6,11,15,27,34H,7-10,12-13H2,1H3,(H,29,33)(H,28,30,32)/t15-,25+. The van der Waals surface area contributed by atoms with E-state index in [1.807, 2.05) is 18.2 Å². The van der Waals surface area contributed by atoms with Crippen molar-refractivity contribution in [2.45, 2.75) is 48.8 Å². The monoisotopic (exact) mass is 511 g/mol. The Kier molecular flexibility index (Phi) is 6.78. The molecule has 2 aromatic heterocycles. The smallest absolute Gasteiger partial charge is 0.256 e. The molecule has 1 aromatic carbocycles. The number of aliphatic hydroxyl groups is 1. The summed E-state index contributed by atoms with van der Waals surface area (Å²) in [4.78, 5) is 34.0. The van der Waals surface area contributed by atoms with E-state index >= 15 is 0 Å². The molecular formula is C25H26FN5O4S. The maximum absolute atomic E-state index is 14.5. The zero-order chi connectivity index (χ0) is 25.3. The number of amides is 2. The third-order valence-corrected chi connectivity index (χ3v) is 7.60. The van der Waals surface area contributed by atoms with Crippen LogP contribution in [0.3, 0.4) is 0 Å². The molecule has 0 radical (unpaired) electrons. The molecule has 1 aliphatic heterocycles. The van der Waals surface area contributed by atoms with Crippen LogP contribution >= 0.6 is 11.8 Å². The van der Waals surface area contributed by atoms with Gasteiger partial charge in [-0.3, -0.25) is 9.59 Å². The second kappa shape index (κ2) is 10.00. The number of nitrogens with zero attached hydrogens (tertiary/aromatic N) is 2. The first-order valence-electron chi connectivity index (χ1n) is 11.7. The lowest BCUT2D eigenvalue weighted by atomic mass is 9.81. The van der Waals surface area contributed by atoms with Crippen LogP contribution in [-0.4, -0.2) is 51.4 Å². The van der Waals surface area contributed by atoms with Crippen LogP contribution in [-0.2, 0) is 16.1 Å². The molecule has 0 bridgehead atoms. The van der Waals surface area contributed by atoms with Gasteiger partial charge in [0.1, 0.15) is 17.2 Å². The van der Waals surface area contributed by atoms with E-state index in [1.54, 1.807) is 12.1 Å². The van der Waals surface area contributed by atoms with E-state index in [2.05, 4.69) is 25.9 Å². The number of carbonyl (C=O) groups excluding carboxylic acids is 2. The number of anilines is 2. The number of benzene rings is 1. The molecule has 0 saturated heterocycles. The molecule has 2 aliphatic rings. The zero-order valence-corrected chi connectivity index (χ0v) is 20.5. The van der Waals surface area contributed by atoms with Crippen molar-refractivity contribution in [1.29, 1.82) is 0 Å². The van der Waals surface area contributed by atoms with Gasteiger partial charge in [0.15, 0.2) is 0 Å². The quantitative estimate of drug-likeness (QED) is 0.398. The number of para-hydroxylation sites is 1. The summed E-state index contributed by atoms with van der Waals surface area (Å²) in [5, 5.41) is 20.7. The average Bonchev–Trinajstić information content (AvgIpc) is 2.88. The van der Waals surface area contributed by atoms with Gasteiger partial charge in [-0.2, -0.15) is 0 Å². The van der Waals surface area contributed by atoms with Gasteiger partial charge in [0, 0.05) is 24.0 Å². The van der Waals surface area contributed by atoms with Crippen molar-refractivity contribution in [2.24, 2.45) is 0 Å². The number of thioether (sulfide) groups is 1. The van der Waals surface area contributed by atoms with Crippen LogP contribution in [0, 0.1) is 5.82 Å². The van der Waals surface area contributed by atoms with E-state index in [9.17, 15) is 19.1 Å². The number of hydrogen-bond acceptors (Lipinski definition) is 8. The third kappa shape index (κ3) is 4.99. The number of hydrogen-bond donors (Lipinski definition) is 4. The molecule has 1 saturated carbocycles. The first kappa shape index (κ1) is 24.4. The Bertz CT molecular complexity index is 1330. The minimum absolute atomic E-state index is 0.0113. The predicted octanol–water partition coefficient (Wildman–Crippen LogP) is 3.22. The summed E-state index contributed by atoms with van der Waals surface area (Å²) in [7, 11) is 1.53. The Morgan fingerprint density at radius 2 is 2.08 bits per heavy atom. The fraction of sp³-hybridized carbons (Fsp3) is 0.360. The highest BCUT2D eigenvalue weighted by atomic mass is 32.2. The maximum Gasteiger partial charge on any atom is 0.256 e. The van der Waals surface area contributed by atoms with Crippen LogP contribution in [0.15, 0.2) is 41.3 Å². The summed E-state index contributed by atoms with van der Waals surface area (Å²) < 4.78 is 19.7. The molecule has 3 heterocycles. The predicted molar refractivity (Wildman–Crippen MR) is 135 cm³/mol. The van der Waals surface area contributed by atoms with E-state index in [0.29, 0.717) is 40.6 Å². The number of methoxy groups -OCH3 is 1. The van der Waals surface area contributed by atoms with Crippen molar-refractivity contribution < 1.29 is 23.8 Å². The van der Waals surface area contributed by atoms with Crippen molar-refractivity contribution in [2.75, 3.05) is 23.5 Å². The molecule has 9 nitrogen and oxygen atoms in total. The van der Waals surface area contributed by atoms with Gasteiger partial charge in [0.05, 0.1) is 34.7 Å². The fourth-order valence-corrected chi connectivity index (χ4v) is 5.27. The van der Waals surface area contributed by atoms with Crippen molar-refractivity contribution in [3.8, 4) is 5.88 Å². The topological polar surface area (TPSA) is 125 Å². The molecule has 3 aromatic rings. The average molecular weight is 512 g/mol. The molecule has 1 fully saturated rings. The molecule has 1 aliphatic carbocycles. The molecule has 0 unspecified atom stereocenters. The van der Waals surface area contributed by atoms with Gasteiger partial charge in [0.2, 0.25) is 11.8 Å². The van der Waals surface area contributed by atoms with E-state index in [4.69, 9.17) is 4.74 Å². The summed E-state index contributed by atoms with van der Waals surface area (Å²) in [6.45, 7) is 0.179. The Morgan fingerprint density at radius 1 is 1.28 bits per heavy atom. The fourth-order valence-electron chi connectivity index (χ4n) is 4.50. The van der Waals surface area contributed by atoms with Crippen molar-refractivity contribution in [3.63, 3.8) is 0 Å². The number of aromatic nitrogens is 2. The minimum atomic E-state index is -1.52. The summed E-state index contributed by atoms with van der Waals surface area (Å²) in [6, 6.07) is 10.4. The summed E-state index contributed by atoms with van der Waals surface area (Å²) in [6.07, 6.45) is 1.57. The first-order valence-corrected chi connectivity index (χ1v) is 12.7. The van der Waals surface area contributed by atoms with E-state index < -0.39 is 17.3 Å². The summed E-state index contributed by atoms with van der Waals surface area (Å²) >= 11 is 1.26. The lowest BCUT2D eigenvalue weighted by Gasteiger charge is -2.35. The Hall–Kier alpha value is -3.28. The van der Waals surface area contributed by atoms with E-state index in [1.165, 1.54) is 24.9 Å². The Labute approximate surface area is 211 Å². The van der Waals surface area contributed by atoms with Gasteiger partial charge in [-0.15, -0.1) is 11.8 Å². The van der Waals surface area contributed by atoms with Crippen molar-refractivity contribution in [3.05, 3.63) is 47.9 Å². The van der Waals surface area contributed by atoms with Crippen LogP contribution in [0.2, 0.25) is 0 Å². The van der Waals surface area contributed by atoms with Crippen molar-refractivity contribution >= 4 is 46.0 Å². The first-order chi connectivity index (χ1) is 17.3. The number of nitrogens with one attached hydrogen (secondary N) is 3. The highest BCUT2D eigenvalue weighted by Gasteiger charge is 2.40. The second-order valence-electron chi connectivity index (χ2n) is 8.97. The Balaban J connectivity index is 1.20. The minimum Gasteiger partial charge on any atom is -0.481 e. The number of fused-ring (bicyclic) bond motifs is 2. The maximum atomic E-state index is 14.5. The molecule has 2 amide bonds.